The molecule has 2 saturated heterocycles. The van der Waals surface area contributed by atoms with Crippen molar-refractivity contribution in [1.82, 2.24) is 15.2 Å². The van der Waals surface area contributed by atoms with Crippen molar-refractivity contribution in [3.8, 4) is 0 Å². The molecule has 1 aromatic heterocycles. The van der Waals surface area contributed by atoms with Crippen LogP contribution in [0.4, 0.5) is 10.5 Å². The van der Waals surface area contributed by atoms with Gasteiger partial charge in [-0.25, -0.2) is 9.78 Å². The molecule has 2 fully saturated rings. The van der Waals surface area contributed by atoms with E-state index in [9.17, 15) is 4.79 Å². The van der Waals surface area contributed by atoms with E-state index in [0.717, 1.165) is 30.2 Å². The van der Waals surface area contributed by atoms with Gasteiger partial charge in [0.15, 0.2) is 0 Å². The standard InChI is InChI=1S/C19H24N4O2S/c1-14-13-26-18(20-14)17-12-23(9-10-25-17)19(24)21-15-7-8-22(11-15)16-5-3-2-4-6-16/h2-6,13,15,17H,7-12H2,1H3,(H,21,24). The molecule has 7 heteroatoms. The Balaban J connectivity index is 1.32. The number of carbonyl (C=O) groups is 1. The molecule has 2 aliphatic heterocycles. The summed E-state index contributed by atoms with van der Waals surface area (Å²) >= 11 is 1.60. The first-order valence-corrected chi connectivity index (χ1v) is 9.96. The summed E-state index contributed by atoms with van der Waals surface area (Å²) < 4.78 is 5.82. The Morgan fingerprint density at radius 3 is 2.88 bits per heavy atom. The minimum Gasteiger partial charge on any atom is -0.369 e. The number of thiazole rings is 1. The van der Waals surface area contributed by atoms with Crippen LogP contribution in [0.25, 0.3) is 0 Å². The van der Waals surface area contributed by atoms with Gasteiger partial charge in [-0.15, -0.1) is 11.3 Å². The lowest BCUT2D eigenvalue weighted by atomic mass is 10.2. The lowest BCUT2D eigenvalue weighted by Gasteiger charge is -2.32. The van der Waals surface area contributed by atoms with Gasteiger partial charge < -0.3 is 19.9 Å². The molecule has 3 heterocycles. The number of carbonyl (C=O) groups excluding carboxylic acids is 1. The van der Waals surface area contributed by atoms with Crippen LogP contribution in [0.15, 0.2) is 35.7 Å². The fourth-order valence-electron chi connectivity index (χ4n) is 3.52. The van der Waals surface area contributed by atoms with E-state index in [0.29, 0.717) is 19.7 Å². The SMILES string of the molecule is Cc1csc(C2CN(C(=O)NC3CCN(c4ccccc4)C3)CCO2)n1. The van der Waals surface area contributed by atoms with E-state index in [1.807, 2.05) is 23.3 Å². The molecule has 0 radical (unpaired) electrons. The number of aryl methyl sites for hydroxylation is 1. The van der Waals surface area contributed by atoms with Crippen LogP contribution < -0.4 is 10.2 Å². The van der Waals surface area contributed by atoms with Gasteiger partial charge in [-0.1, -0.05) is 18.2 Å². The van der Waals surface area contributed by atoms with E-state index >= 15 is 0 Å². The molecular weight excluding hydrogens is 348 g/mol. The Labute approximate surface area is 157 Å². The van der Waals surface area contributed by atoms with Gasteiger partial charge in [0.05, 0.1) is 13.2 Å². The van der Waals surface area contributed by atoms with Gasteiger partial charge in [0, 0.05) is 42.4 Å². The van der Waals surface area contributed by atoms with Crippen molar-refractivity contribution < 1.29 is 9.53 Å². The molecule has 2 atom stereocenters. The van der Waals surface area contributed by atoms with Gasteiger partial charge in [-0.3, -0.25) is 0 Å². The maximum atomic E-state index is 12.7. The second-order valence-electron chi connectivity index (χ2n) is 6.85. The fraction of sp³-hybridized carbons (Fsp3) is 0.474. The smallest absolute Gasteiger partial charge is 0.317 e. The Bertz CT molecular complexity index is 751. The highest BCUT2D eigenvalue weighted by Crippen LogP contribution is 2.25. The number of para-hydroxylation sites is 1. The first kappa shape index (κ1) is 17.3. The molecule has 26 heavy (non-hydrogen) atoms. The van der Waals surface area contributed by atoms with Gasteiger partial charge in [0.2, 0.25) is 0 Å². The Hall–Kier alpha value is -2.12. The molecule has 4 rings (SSSR count). The average Bonchev–Trinajstić information content (AvgIpc) is 3.32. The molecule has 0 spiro atoms. The van der Waals surface area contributed by atoms with Crippen LogP contribution in [-0.2, 0) is 4.74 Å². The van der Waals surface area contributed by atoms with Crippen molar-refractivity contribution in [2.24, 2.45) is 0 Å². The second-order valence-corrected chi connectivity index (χ2v) is 7.74. The van der Waals surface area contributed by atoms with Crippen molar-refractivity contribution >= 4 is 23.1 Å². The summed E-state index contributed by atoms with van der Waals surface area (Å²) in [5.41, 5.74) is 2.22. The first-order chi connectivity index (χ1) is 12.7. The second kappa shape index (κ2) is 7.63. The summed E-state index contributed by atoms with van der Waals surface area (Å²) in [6.07, 6.45) is 0.859. The monoisotopic (exact) mass is 372 g/mol. The highest BCUT2D eigenvalue weighted by Gasteiger charge is 2.30. The Kier molecular flexibility index (Phi) is 5.08. The molecular formula is C19H24N4O2S. The number of rotatable bonds is 3. The molecule has 0 bridgehead atoms. The molecule has 1 aromatic carbocycles. The summed E-state index contributed by atoms with van der Waals surface area (Å²) in [5, 5.41) is 6.18. The molecule has 2 amide bonds. The van der Waals surface area contributed by atoms with E-state index in [2.05, 4.69) is 39.5 Å². The highest BCUT2D eigenvalue weighted by molar-refractivity contribution is 7.09. The summed E-state index contributed by atoms with van der Waals surface area (Å²) in [7, 11) is 0. The Morgan fingerprint density at radius 1 is 1.27 bits per heavy atom. The number of aromatic nitrogens is 1. The zero-order chi connectivity index (χ0) is 17.9. The number of amides is 2. The van der Waals surface area contributed by atoms with Crippen LogP contribution >= 0.6 is 11.3 Å². The van der Waals surface area contributed by atoms with Crippen LogP contribution in [0.1, 0.15) is 23.2 Å². The molecule has 138 valence electrons. The fourth-order valence-corrected chi connectivity index (χ4v) is 4.36. The van der Waals surface area contributed by atoms with Gasteiger partial charge in [-0.05, 0) is 25.5 Å². The predicted molar refractivity (Wildman–Crippen MR) is 103 cm³/mol. The summed E-state index contributed by atoms with van der Waals surface area (Å²) in [5.74, 6) is 0. The molecule has 6 nitrogen and oxygen atoms in total. The number of hydrogen-bond acceptors (Lipinski definition) is 5. The number of urea groups is 1. The predicted octanol–water partition coefficient (Wildman–Crippen LogP) is 2.81. The van der Waals surface area contributed by atoms with Crippen LogP contribution in [0, 0.1) is 6.92 Å². The topological polar surface area (TPSA) is 57.7 Å². The third-order valence-electron chi connectivity index (χ3n) is 4.90. The first-order valence-electron chi connectivity index (χ1n) is 9.08. The van der Waals surface area contributed by atoms with Crippen molar-refractivity contribution in [1.29, 1.82) is 0 Å². The van der Waals surface area contributed by atoms with E-state index in [1.54, 1.807) is 11.3 Å². The van der Waals surface area contributed by atoms with Crippen LogP contribution in [0.3, 0.4) is 0 Å². The van der Waals surface area contributed by atoms with Gasteiger partial charge >= 0.3 is 6.03 Å². The van der Waals surface area contributed by atoms with Crippen molar-refractivity contribution in [3.63, 3.8) is 0 Å². The highest BCUT2D eigenvalue weighted by atomic mass is 32.1. The molecule has 0 aliphatic carbocycles. The van der Waals surface area contributed by atoms with Crippen molar-refractivity contribution in [2.75, 3.05) is 37.7 Å². The van der Waals surface area contributed by atoms with Crippen LogP contribution in [0.2, 0.25) is 0 Å². The molecule has 2 aliphatic rings. The minimum absolute atomic E-state index is 0.00601. The molecule has 2 aromatic rings. The molecule has 0 saturated carbocycles. The lowest BCUT2D eigenvalue weighted by molar-refractivity contribution is -0.0158. The van der Waals surface area contributed by atoms with Crippen molar-refractivity contribution in [2.45, 2.75) is 25.5 Å². The summed E-state index contributed by atoms with van der Waals surface area (Å²) in [4.78, 5) is 21.4. The number of benzene rings is 1. The number of ether oxygens (including phenoxy) is 1. The number of anilines is 1. The Morgan fingerprint density at radius 2 is 2.12 bits per heavy atom. The normalized spacial score (nSPS) is 23.3. The van der Waals surface area contributed by atoms with Crippen LogP contribution in [0.5, 0.6) is 0 Å². The maximum absolute atomic E-state index is 12.7. The zero-order valence-electron chi connectivity index (χ0n) is 14.9. The molecule has 1 N–H and O–H groups in total. The van der Waals surface area contributed by atoms with Gasteiger partial charge in [-0.2, -0.15) is 0 Å². The quantitative estimate of drug-likeness (QED) is 0.900. The summed E-state index contributed by atoms with van der Waals surface area (Å²) in [6.45, 7) is 5.55. The van der Waals surface area contributed by atoms with E-state index in [1.165, 1.54) is 5.69 Å². The average molecular weight is 372 g/mol. The van der Waals surface area contributed by atoms with Crippen LogP contribution in [-0.4, -0.2) is 54.7 Å². The summed E-state index contributed by atoms with van der Waals surface area (Å²) in [6, 6.07) is 10.6. The van der Waals surface area contributed by atoms with Crippen molar-refractivity contribution in [3.05, 3.63) is 46.4 Å². The number of nitrogens with zero attached hydrogens (tertiary/aromatic N) is 3. The van der Waals surface area contributed by atoms with Gasteiger partial charge in [0.1, 0.15) is 11.1 Å². The zero-order valence-corrected chi connectivity index (χ0v) is 15.7. The number of hydrogen-bond donors (Lipinski definition) is 1. The lowest BCUT2D eigenvalue weighted by Crippen LogP contribution is -2.50. The largest absolute Gasteiger partial charge is 0.369 e. The van der Waals surface area contributed by atoms with E-state index in [4.69, 9.17) is 4.74 Å². The van der Waals surface area contributed by atoms with E-state index in [-0.39, 0.29) is 18.2 Å². The molecule has 2 unspecified atom stereocenters. The van der Waals surface area contributed by atoms with E-state index < -0.39 is 0 Å². The van der Waals surface area contributed by atoms with Gasteiger partial charge in [0.25, 0.3) is 0 Å². The minimum atomic E-state index is -0.113. The number of morpholine rings is 1. The third kappa shape index (κ3) is 3.83. The maximum Gasteiger partial charge on any atom is 0.317 e. The third-order valence-corrected chi connectivity index (χ3v) is 5.96. The number of nitrogens with one attached hydrogen (secondary N) is 1.